The van der Waals surface area contributed by atoms with E-state index in [9.17, 15) is 9.59 Å². The van der Waals surface area contributed by atoms with Crippen LogP contribution in [0.5, 0.6) is 0 Å². The van der Waals surface area contributed by atoms with Crippen LogP contribution < -0.4 is 22.5 Å². The van der Waals surface area contributed by atoms with Gasteiger partial charge in [0.05, 0.1) is 5.70 Å². The number of primary amides is 1. The molecule has 0 heterocycles. The van der Waals surface area contributed by atoms with Gasteiger partial charge in [-0.2, -0.15) is 0 Å². The highest BCUT2D eigenvalue weighted by molar-refractivity contribution is 5.93. The molecule has 0 radical (unpaired) electrons. The molecule has 0 aliphatic rings. The van der Waals surface area contributed by atoms with Gasteiger partial charge in [0.25, 0.3) is 5.91 Å². The van der Waals surface area contributed by atoms with Gasteiger partial charge in [-0.25, -0.2) is 0 Å². The lowest BCUT2D eigenvalue weighted by Gasteiger charge is -2.25. The van der Waals surface area contributed by atoms with Gasteiger partial charge in [0.15, 0.2) is 0 Å². The zero-order valence-corrected chi connectivity index (χ0v) is 14.8. The third kappa shape index (κ3) is 5.09. The summed E-state index contributed by atoms with van der Waals surface area (Å²) in [5.41, 5.74) is 19.8. The second kappa shape index (κ2) is 8.49. The standard InChI is InChI=1S/C18H28N4O2/c1-10(2)18(24)22-16(15(20)17(21)23)12(4)14(19)9-13-8-6-5-7-11(13)3/h5-8,10,12,14H,9,19-20H2,1-4H3,(H2,21,23)(H,22,24)/b16-15+/t12-,14?/m1/s1. The van der Waals surface area contributed by atoms with E-state index >= 15 is 0 Å². The van der Waals surface area contributed by atoms with Gasteiger partial charge in [-0.1, -0.05) is 45.0 Å². The van der Waals surface area contributed by atoms with Crippen molar-refractivity contribution in [2.24, 2.45) is 29.0 Å². The molecule has 0 bridgehead atoms. The van der Waals surface area contributed by atoms with E-state index in [1.807, 2.05) is 38.1 Å². The van der Waals surface area contributed by atoms with Gasteiger partial charge >= 0.3 is 0 Å². The zero-order valence-electron chi connectivity index (χ0n) is 14.8. The van der Waals surface area contributed by atoms with Crippen molar-refractivity contribution in [2.75, 3.05) is 0 Å². The first kappa shape index (κ1) is 19.7. The Morgan fingerprint density at radius 3 is 2.21 bits per heavy atom. The van der Waals surface area contributed by atoms with E-state index in [1.165, 1.54) is 0 Å². The third-order valence-corrected chi connectivity index (χ3v) is 4.15. The maximum Gasteiger partial charge on any atom is 0.266 e. The molecule has 6 nitrogen and oxygen atoms in total. The van der Waals surface area contributed by atoms with Crippen LogP contribution in [0.25, 0.3) is 0 Å². The molecule has 24 heavy (non-hydrogen) atoms. The Labute approximate surface area is 143 Å². The number of benzene rings is 1. The van der Waals surface area contributed by atoms with Gasteiger partial charge in [-0.15, -0.1) is 0 Å². The smallest absolute Gasteiger partial charge is 0.266 e. The molecule has 1 aromatic rings. The molecule has 0 fully saturated rings. The number of carbonyl (C=O) groups excluding carboxylic acids is 2. The Bertz CT molecular complexity index is 638. The Morgan fingerprint density at radius 2 is 1.71 bits per heavy atom. The molecule has 6 heteroatoms. The van der Waals surface area contributed by atoms with E-state index in [0.717, 1.165) is 11.1 Å². The third-order valence-electron chi connectivity index (χ3n) is 4.15. The number of aryl methyl sites for hydroxylation is 1. The van der Waals surface area contributed by atoms with Gasteiger partial charge in [0.2, 0.25) is 5.91 Å². The summed E-state index contributed by atoms with van der Waals surface area (Å²) in [7, 11) is 0. The first-order chi connectivity index (χ1) is 11.1. The Morgan fingerprint density at radius 1 is 1.12 bits per heavy atom. The first-order valence-electron chi connectivity index (χ1n) is 8.05. The molecule has 0 spiro atoms. The highest BCUT2D eigenvalue weighted by Gasteiger charge is 2.25. The number of rotatable bonds is 7. The van der Waals surface area contributed by atoms with E-state index in [1.54, 1.807) is 13.8 Å². The lowest BCUT2D eigenvalue weighted by molar-refractivity contribution is -0.123. The second-order valence-corrected chi connectivity index (χ2v) is 6.42. The molecule has 1 unspecified atom stereocenters. The molecular formula is C18H28N4O2. The van der Waals surface area contributed by atoms with Crippen LogP contribution >= 0.6 is 0 Å². The molecule has 0 aliphatic heterocycles. The predicted molar refractivity (Wildman–Crippen MR) is 95.4 cm³/mol. The van der Waals surface area contributed by atoms with E-state index < -0.39 is 5.91 Å². The molecular weight excluding hydrogens is 304 g/mol. The van der Waals surface area contributed by atoms with Gasteiger partial charge in [-0.3, -0.25) is 9.59 Å². The molecule has 0 aromatic heterocycles. The summed E-state index contributed by atoms with van der Waals surface area (Å²) in [5.74, 6) is -1.59. The molecule has 2 atom stereocenters. The van der Waals surface area contributed by atoms with Crippen LogP contribution in [0.3, 0.4) is 0 Å². The van der Waals surface area contributed by atoms with E-state index in [-0.39, 0.29) is 29.5 Å². The van der Waals surface area contributed by atoms with Crippen molar-refractivity contribution < 1.29 is 9.59 Å². The minimum atomic E-state index is -0.774. The van der Waals surface area contributed by atoms with E-state index in [2.05, 4.69) is 5.32 Å². The minimum absolute atomic E-state index is 0.156. The van der Waals surface area contributed by atoms with Crippen LogP contribution in [0.15, 0.2) is 35.7 Å². The number of nitrogens with one attached hydrogen (secondary N) is 1. The summed E-state index contributed by atoms with van der Waals surface area (Å²) in [6.45, 7) is 7.35. The van der Waals surface area contributed by atoms with Crippen molar-refractivity contribution in [1.29, 1.82) is 0 Å². The Kier molecular flexibility index (Phi) is 6.97. The fourth-order valence-corrected chi connectivity index (χ4v) is 2.32. The summed E-state index contributed by atoms with van der Waals surface area (Å²) in [6.07, 6.45) is 0.598. The molecule has 0 saturated heterocycles. The van der Waals surface area contributed by atoms with Gasteiger partial charge in [0, 0.05) is 17.9 Å². The van der Waals surface area contributed by atoms with E-state index in [0.29, 0.717) is 12.1 Å². The quantitative estimate of drug-likeness (QED) is 0.554. The van der Waals surface area contributed by atoms with Gasteiger partial charge in [-0.05, 0) is 24.5 Å². The van der Waals surface area contributed by atoms with Crippen molar-refractivity contribution in [2.45, 2.75) is 40.2 Å². The maximum absolute atomic E-state index is 12.0. The van der Waals surface area contributed by atoms with Crippen LogP contribution in [0.1, 0.15) is 31.9 Å². The fraction of sp³-hybridized carbons (Fsp3) is 0.444. The minimum Gasteiger partial charge on any atom is -0.393 e. The molecule has 1 rings (SSSR count). The molecule has 1 aromatic carbocycles. The number of amides is 2. The Hall–Kier alpha value is -2.34. The molecule has 0 aliphatic carbocycles. The highest BCUT2D eigenvalue weighted by Crippen LogP contribution is 2.19. The normalized spacial score (nSPS) is 14.8. The van der Waals surface area contributed by atoms with Crippen molar-refractivity contribution in [3.05, 3.63) is 46.8 Å². The average Bonchev–Trinajstić information content (AvgIpc) is 2.52. The van der Waals surface area contributed by atoms with Crippen molar-refractivity contribution in [3.8, 4) is 0 Å². The molecule has 7 N–H and O–H groups in total. The van der Waals surface area contributed by atoms with Crippen LogP contribution in [-0.4, -0.2) is 17.9 Å². The topological polar surface area (TPSA) is 124 Å². The number of hydrogen-bond acceptors (Lipinski definition) is 4. The largest absolute Gasteiger partial charge is 0.393 e. The lowest BCUT2D eigenvalue weighted by Crippen LogP contribution is -2.42. The molecule has 0 saturated carbocycles. The molecule has 132 valence electrons. The SMILES string of the molecule is Cc1ccccc1CC(N)[C@@H](C)/C(NC(=O)C(C)C)=C(\N)C(N)=O. The average molecular weight is 332 g/mol. The van der Waals surface area contributed by atoms with Crippen LogP contribution in [0.4, 0.5) is 0 Å². The van der Waals surface area contributed by atoms with E-state index in [4.69, 9.17) is 17.2 Å². The van der Waals surface area contributed by atoms with Gasteiger partial charge < -0.3 is 22.5 Å². The lowest BCUT2D eigenvalue weighted by atomic mass is 9.90. The summed E-state index contributed by atoms with van der Waals surface area (Å²) < 4.78 is 0. The first-order valence-corrected chi connectivity index (χ1v) is 8.05. The summed E-state index contributed by atoms with van der Waals surface area (Å²) >= 11 is 0. The molecule has 2 amide bonds. The van der Waals surface area contributed by atoms with Gasteiger partial charge in [0.1, 0.15) is 5.70 Å². The van der Waals surface area contributed by atoms with Crippen LogP contribution in [-0.2, 0) is 16.0 Å². The highest BCUT2D eigenvalue weighted by atomic mass is 16.2. The zero-order chi connectivity index (χ0) is 18.4. The summed E-state index contributed by atoms with van der Waals surface area (Å²) in [4.78, 5) is 23.5. The number of nitrogens with two attached hydrogens (primary N) is 3. The van der Waals surface area contributed by atoms with Crippen molar-refractivity contribution in [3.63, 3.8) is 0 Å². The maximum atomic E-state index is 12.0. The van der Waals surface area contributed by atoms with Crippen LogP contribution in [0.2, 0.25) is 0 Å². The fourth-order valence-electron chi connectivity index (χ4n) is 2.32. The van der Waals surface area contributed by atoms with Crippen LogP contribution in [0, 0.1) is 18.8 Å². The predicted octanol–water partition coefficient (Wildman–Crippen LogP) is 0.929. The monoisotopic (exact) mass is 332 g/mol. The number of carbonyl (C=O) groups is 2. The number of hydrogen-bond donors (Lipinski definition) is 4. The van der Waals surface area contributed by atoms with Crippen molar-refractivity contribution in [1.82, 2.24) is 5.32 Å². The second-order valence-electron chi connectivity index (χ2n) is 6.42. The Balaban J connectivity index is 3.05. The summed E-state index contributed by atoms with van der Waals surface area (Å²) in [6, 6.07) is 7.62. The summed E-state index contributed by atoms with van der Waals surface area (Å²) in [5, 5.41) is 2.71. The van der Waals surface area contributed by atoms with Crippen molar-refractivity contribution >= 4 is 11.8 Å².